The van der Waals surface area contributed by atoms with Crippen molar-refractivity contribution in [3.8, 4) is 0 Å². The molecular formula is C23H29N5O3. The van der Waals surface area contributed by atoms with E-state index in [0.29, 0.717) is 48.7 Å². The van der Waals surface area contributed by atoms with Crippen LogP contribution in [0, 0.1) is 5.92 Å². The van der Waals surface area contributed by atoms with E-state index in [0.717, 1.165) is 25.7 Å². The Balaban J connectivity index is 1.60. The lowest BCUT2D eigenvalue weighted by atomic mass is 10.0. The average Bonchev–Trinajstić information content (AvgIpc) is 3.29. The molecular weight excluding hydrogens is 394 g/mol. The molecule has 2 aliphatic heterocycles. The molecule has 1 unspecified atom stereocenters. The van der Waals surface area contributed by atoms with Crippen LogP contribution in [0.5, 0.6) is 0 Å². The van der Waals surface area contributed by atoms with E-state index in [1.54, 1.807) is 29.4 Å². The van der Waals surface area contributed by atoms with E-state index in [4.69, 9.17) is 4.98 Å². The molecule has 164 valence electrons. The normalized spacial score (nSPS) is 18.4. The van der Waals surface area contributed by atoms with Gasteiger partial charge < -0.3 is 14.8 Å². The number of nitrogens with one attached hydrogen (secondary N) is 1. The standard InChI is InChI=1S/C23H29N5O3/c1-3-15(4-2)23(31)28-12-5-6-19(28)20-25-18-14-27(13-9-17(18)21(29)26-20)22(30)16-7-10-24-11-8-16/h7-8,10-11,15,19H,3-6,9,12-14H2,1-2H3,(H,25,26,29). The van der Waals surface area contributed by atoms with Crippen molar-refractivity contribution in [1.82, 2.24) is 24.8 Å². The Morgan fingerprint density at radius 2 is 1.94 bits per heavy atom. The molecule has 2 aromatic heterocycles. The van der Waals surface area contributed by atoms with E-state index in [2.05, 4.69) is 9.97 Å². The second-order valence-electron chi connectivity index (χ2n) is 8.29. The highest BCUT2D eigenvalue weighted by molar-refractivity contribution is 5.94. The molecule has 0 bridgehead atoms. The molecule has 1 atom stereocenters. The zero-order chi connectivity index (χ0) is 22.0. The molecule has 2 aromatic rings. The van der Waals surface area contributed by atoms with Crippen LogP contribution < -0.4 is 5.56 Å². The molecule has 1 N–H and O–H groups in total. The van der Waals surface area contributed by atoms with Crippen LogP contribution in [0.4, 0.5) is 0 Å². The van der Waals surface area contributed by atoms with Crippen molar-refractivity contribution in [2.24, 2.45) is 5.92 Å². The van der Waals surface area contributed by atoms with Gasteiger partial charge in [0.2, 0.25) is 5.91 Å². The Morgan fingerprint density at radius 3 is 2.65 bits per heavy atom. The number of aromatic amines is 1. The molecule has 4 heterocycles. The quantitative estimate of drug-likeness (QED) is 0.796. The van der Waals surface area contributed by atoms with Gasteiger partial charge >= 0.3 is 0 Å². The first-order chi connectivity index (χ1) is 15.0. The Morgan fingerprint density at radius 1 is 1.19 bits per heavy atom. The molecule has 1 fully saturated rings. The number of carbonyl (C=O) groups is 2. The average molecular weight is 424 g/mol. The van der Waals surface area contributed by atoms with Crippen molar-refractivity contribution < 1.29 is 9.59 Å². The third-order valence-electron chi connectivity index (χ3n) is 6.49. The van der Waals surface area contributed by atoms with E-state index < -0.39 is 0 Å². The van der Waals surface area contributed by atoms with Crippen LogP contribution in [-0.4, -0.2) is 49.7 Å². The topological polar surface area (TPSA) is 99.3 Å². The van der Waals surface area contributed by atoms with Gasteiger partial charge in [-0.25, -0.2) is 4.98 Å². The van der Waals surface area contributed by atoms with Crippen molar-refractivity contribution in [2.75, 3.05) is 13.1 Å². The van der Waals surface area contributed by atoms with Crippen LogP contribution >= 0.6 is 0 Å². The third-order valence-corrected chi connectivity index (χ3v) is 6.49. The summed E-state index contributed by atoms with van der Waals surface area (Å²) in [6.07, 6.45) is 6.94. The molecule has 0 spiro atoms. The number of amides is 2. The van der Waals surface area contributed by atoms with Crippen LogP contribution in [0.15, 0.2) is 29.3 Å². The SMILES string of the molecule is CCC(CC)C(=O)N1CCCC1c1nc2c(c(=O)[nH]1)CCN(C(=O)c1ccncc1)C2. The summed E-state index contributed by atoms with van der Waals surface area (Å²) in [5, 5.41) is 0. The zero-order valence-electron chi connectivity index (χ0n) is 18.1. The molecule has 0 radical (unpaired) electrons. The minimum atomic E-state index is -0.211. The first-order valence-electron chi connectivity index (χ1n) is 11.1. The number of H-pyrrole nitrogens is 1. The van der Waals surface area contributed by atoms with E-state index in [9.17, 15) is 14.4 Å². The van der Waals surface area contributed by atoms with Gasteiger partial charge in [0, 0.05) is 42.5 Å². The number of carbonyl (C=O) groups excluding carboxylic acids is 2. The van der Waals surface area contributed by atoms with E-state index in [-0.39, 0.29) is 29.3 Å². The predicted octanol–water partition coefficient (Wildman–Crippen LogP) is 2.46. The van der Waals surface area contributed by atoms with Crippen LogP contribution in [-0.2, 0) is 17.8 Å². The number of likely N-dealkylation sites (tertiary alicyclic amines) is 1. The van der Waals surface area contributed by atoms with Gasteiger partial charge in [-0.2, -0.15) is 0 Å². The van der Waals surface area contributed by atoms with Gasteiger partial charge in [-0.05, 0) is 44.2 Å². The fourth-order valence-electron chi connectivity index (χ4n) is 4.65. The maximum Gasteiger partial charge on any atom is 0.254 e. The summed E-state index contributed by atoms with van der Waals surface area (Å²) in [4.78, 5) is 53.9. The first-order valence-corrected chi connectivity index (χ1v) is 11.1. The van der Waals surface area contributed by atoms with Crippen molar-refractivity contribution >= 4 is 11.8 Å². The van der Waals surface area contributed by atoms with Gasteiger partial charge in [0.05, 0.1) is 18.3 Å². The Labute approximate surface area is 181 Å². The molecule has 2 amide bonds. The van der Waals surface area contributed by atoms with Gasteiger partial charge in [-0.1, -0.05) is 13.8 Å². The van der Waals surface area contributed by atoms with Crippen molar-refractivity contribution in [3.63, 3.8) is 0 Å². The predicted molar refractivity (Wildman–Crippen MR) is 115 cm³/mol. The van der Waals surface area contributed by atoms with Crippen molar-refractivity contribution in [2.45, 2.75) is 58.5 Å². The smallest absolute Gasteiger partial charge is 0.254 e. The molecule has 1 saturated heterocycles. The van der Waals surface area contributed by atoms with Crippen LogP contribution in [0.25, 0.3) is 0 Å². The second kappa shape index (κ2) is 8.99. The lowest BCUT2D eigenvalue weighted by molar-refractivity contribution is -0.136. The van der Waals surface area contributed by atoms with Gasteiger partial charge in [0.1, 0.15) is 5.82 Å². The van der Waals surface area contributed by atoms with Crippen molar-refractivity contribution in [3.05, 3.63) is 57.5 Å². The Bertz CT molecular complexity index is 1020. The lowest BCUT2D eigenvalue weighted by Crippen LogP contribution is -2.41. The summed E-state index contributed by atoms with van der Waals surface area (Å²) >= 11 is 0. The molecule has 0 aromatic carbocycles. The zero-order valence-corrected chi connectivity index (χ0v) is 18.1. The van der Waals surface area contributed by atoms with Crippen LogP contribution in [0.3, 0.4) is 0 Å². The summed E-state index contributed by atoms with van der Waals surface area (Å²) in [6.45, 7) is 5.52. The van der Waals surface area contributed by atoms with Gasteiger partial charge in [-0.3, -0.25) is 19.4 Å². The summed E-state index contributed by atoms with van der Waals surface area (Å²) in [7, 11) is 0. The van der Waals surface area contributed by atoms with E-state index >= 15 is 0 Å². The number of nitrogens with zero attached hydrogens (tertiary/aromatic N) is 4. The van der Waals surface area contributed by atoms with Crippen molar-refractivity contribution in [1.29, 1.82) is 0 Å². The fraction of sp³-hybridized carbons (Fsp3) is 0.522. The van der Waals surface area contributed by atoms with Gasteiger partial charge in [0.15, 0.2) is 0 Å². The molecule has 0 saturated carbocycles. The van der Waals surface area contributed by atoms with Gasteiger partial charge in [0.25, 0.3) is 11.5 Å². The Hall–Kier alpha value is -3.03. The largest absolute Gasteiger partial charge is 0.332 e. The number of hydrogen-bond acceptors (Lipinski definition) is 5. The maximum absolute atomic E-state index is 13.0. The van der Waals surface area contributed by atoms with E-state index in [1.807, 2.05) is 18.7 Å². The highest BCUT2D eigenvalue weighted by atomic mass is 16.2. The lowest BCUT2D eigenvalue weighted by Gasteiger charge is -2.30. The minimum absolute atomic E-state index is 0.00146. The summed E-state index contributed by atoms with van der Waals surface area (Å²) < 4.78 is 0. The van der Waals surface area contributed by atoms with Crippen LogP contribution in [0.2, 0.25) is 0 Å². The minimum Gasteiger partial charge on any atom is -0.332 e. The first kappa shape index (κ1) is 21.2. The third kappa shape index (κ3) is 4.11. The molecule has 4 rings (SSSR count). The summed E-state index contributed by atoms with van der Waals surface area (Å²) in [5.74, 6) is 0.586. The molecule has 0 aliphatic carbocycles. The summed E-state index contributed by atoms with van der Waals surface area (Å²) in [5.41, 5.74) is 1.69. The maximum atomic E-state index is 13.0. The summed E-state index contributed by atoms with van der Waals surface area (Å²) in [6, 6.07) is 3.17. The molecule has 8 heteroatoms. The number of pyridine rings is 1. The number of hydrogen-bond donors (Lipinski definition) is 1. The molecule has 8 nitrogen and oxygen atoms in total. The number of fused-ring (bicyclic) bond motifs is 1. The number of rotatable bonds is 5. The second-order valence-corrected chi connectivity index (χ2v) is 8.29. The van der Waals surface area contributed by atoms with Gasteiger partial charge in [-0.15, -0.1) is 0 Å². The molecule has 31 heavy (non-hydrogen) atoms. The number of aromatic nitrogens is 3. The fourth-order valence-corrected chi connectivity index (χ4v) is 4.65. The monoisotopic (exact) mass is 423 g/mol. The Kier molecular flexibility index (Phi) is 6.15. The van der Waals surface area contributed by atoms with E-state index in [1.165, 1.54) is 0 Å². The molecule has 2 aliphatic rings. The highest BCUT2D eigenvalue weighted by Gasteiger charge is 2.35. The highest BCUT2D eigenvalue weighted by Crippen LogP contribution is 2.32. The van der Waals surface area contributed by atoms with Crippen LogP contribution in [0.1, 0.15) is 73.0 Å².